The van der Waals surface area contributed by atoms with Gasteiger partial charge in [-0.15, -0.1) is 0 Å². The zero-order chi connectivity index (χ0) is 12.8. The molecule has 0 saturated heterocycles. The molecule has 2 atom stereocenters. The van der Waals surface area contributed by atoms with Crippen molar-refractivity contribution in [2.45, 2.75) is 38.9 Å². The van der Waals surface area contributed by atoms with Crippen LogP contribution in [0.3, 0.4) is 0 Å². The summed E-state index contributed by atoms with van der Waals surface area (Å²) in [7, 11) is 0. The maximum absolute atomic E-state index is 5.85. The third-order valence-electron chi connectivity index (χ3n) is 3.28. The molecule has 2 rings (SSSR count). The highest BCUT2D eigenvalue weighted by atomic mass is 16.5. The van der Waals surface area contributed by atoms with Crippen molar-refractivity contribution in [1.29, 1.82) is 0 Å². The molecule has 0 N–H and O–H groups in total. The molecule has 0 bridgehead atoms. The van der Waals surface area contributed by atoms with Gasteiger partial charge in [-0.25, -0.2) is 0 Å². The van der Waals surface area contributed by atoms with Crippen molar-refractivity contribution in [2.24, 2.45) is 0 Å². The maximum Gasteiger partial charge on any atom is 0.0829 e. The topological polar surface area (TPSA) is 18.5 Å². The van der Waals surface area contributed by atoms with Gasteiger partial charge in [0.2, 0.25) is 0 Å². The summed E-state index contributed by atoms with van der Waals surface area (Å²) in [6, 6.07) is 10.5. The predicted octanol–water partition coefficient (Wildman–Crippen LogP) is 3.67. The summed E-state index contributed by atoms with van der Waals surface area (Å²) in [5.74, 6) is 0. The smallest absolute Gasteiger partial charge is 0.0829 e. The van der Waals surface area contributed by atoms with Crippen LogP contribution < -0.4 is 0 Å². The number of rotatable bonds is 5. The van der Waals surface area contributed by atoms with Crippen LogP contribution in [0, 0.1) is 0 Å². The van der Waals surface area contributed by atoms with Gasteiger partial charge < -0.3 is 9.47 Å². The van der Waals surface area contributed by atoms with E-state index in [0.717, 1.165) is 26.1 Å². The molecular formula is C16H22O2. The molecule has 18 heavy (non-hydrogen) atoms. The zero-order valence-corrected chi connectivity index (χ0v) is 11.3. The second-order valence-corrected chi connectivity index (χ2v) is 4.50. The molecule has 2 unspecified atom stereocenters. The molecule has 2 nitrogen and oxygen atoms in total. The molecule has 0 spiro atoms. The van der Waals surface area contributed by atoms with Crippen molar-refractivity contribution >= 4 is 5.57 Å². The van der Waals surface area contributed by atoms with Gasteiger partial charge in [0, 0.05) is 13.2 Å². The fourth-order valence-corrected chi connectivity index (χ4v) is 2.49. The summed E-state index contributed by atoms with van der Waals surface area (Å²) in [6.45, 7) is 5.62. The largest absolute Gasteiger partial charge is 0.374 e. The first-order valence-electron chi connectivity index (χ1n) is 6.85. The van der Waals surface area contributed by atoms with E-state index in [1.165, 1.54) is 11.1 Å². The van der Waals surface area contributed by atoms with Gasteiger partial charge in [-0.2, -0.15) is 0 Å². The molecule has 0 amide bonds. The van der Waals surface area contributed by atoms with Gasteiger partial charge in [0.15, 0.2) is 0 Å². The highest BCUT2D eigenvalue weighted by molar-refractivity contribution is 5.70. The Bertz CT molecular complexity index is 383. The van der Waals surface area contributed by atoms with Crippen LogP contribution >= 0.6 is 0 Å². The van der Waals surface area contributed by atoms with Crippen molar-refractivity contribution in [3.8, 4) is 0 Å². The van der Waals surface area contributed by atoms with Gasteiger partial charge in [0.1, 0.15) is 0 Å². The van der Waals surface area contributed by atoms with Gasteiger partial charge in [0.05, 0.1) is 12.2 Å². The van der Waals surface area contributed by atoms with E-state index in [9.17, 15) is 0 Å². The molecule has 0 aliphatic heterocycles. The molecule has 0 fully saturated rings. The molecule has 1 aliphatic carbocycles. The van der Waals surface area contributed by atoms with Crippen LogP contribution in [0.1, 0.15) is 32.3 Å². The van der Waals surface area contributed by atoms with Crippen molar-refractivity contribution in [2.75, 3.05) is 13.2 Å². The Morgan fingerprint density at radius 2 is 1.72 bits per heavy atom. The second-order valence-electron chi connectivity index (χ2n) is 4.50. The van der Waals surface area contributed by atoms with Gasteiger partial charge >= 0.3 is 0 Å². The Morgan fingerprint density at radius 1 is 1.00 bits per heavy atom. The van der Waals surface area contributed by atoms with E-state index in [0.29, 0.717) is 0 Å². The first-order valence-corrected chi connectivity index (χ1v) is 6.85. The van der Waals surface area contributed by atoms with Crippen molar-refractivity contribution in [3.63, 3.8) is 0 Å². The Balaban J connectivity index is 2.23. The Morgan fingerprint density at radius 3 is 2.39 bits per heavy atom. The van der Waals surface area contributed by atoms with Gasteiger partial charge in [-0.3, -0.25) is 0 Å². The molecule has 0 radical (unpaired) electrons. The van der Waals surface area contributed by atoms with Gasteiger partial charge in [-0.05, 0) is 43.9 Å². The lowest BCUT2D eigenvalue weighted by molar-refractivity contribution is 0.0483. The highest BCUT2D eigenvalue weighted by Gasteiger charge is 2.24. The SMILES string of the molecule is CCOC1C=C(c2ccccc2)C(OCC)CC1. The third-order valence-corrected chi connectivity index (χ3v) is 3.28. The number of hydrogen-bond acceptors (Lipinski definition) is 2. The average molecular weight is 246 g/mol. The Hall–Kier alpha value is -1.12. The summed E-state index contributed by atoms with van der Waals surface area (Å²) in [5.41, 5.74) is 2.53. The predicted molar refractivity (Wildman–Crippen MR) is 74.5 cm³/mol. The minimum Gasteiger partial charge on any atom is -0.374 e. The first kappa shape index (κ1) is 13.3. The van der Waals surface area contributed by atoms with E-state index in [4.69, 9.17) is 9.47 Å². The highest BCUT2D eigenvalue weighted by Crippen LogP contribution is 2.30. The Kier molecular flexibility index (Phi) is 4.97. The van der Waals surface area contributed by atoms with E-state index in [1.807, 2.05) is 13.0 Å². The van der Waals surface area contributed by atoms with E-state index in [2.05, 4.69) is 37.3 Å². The van der Waals surface area contributed by atoms with E-state index < -0.39 is 0 Å². The second kappa shape index (κ2) is 6.72. The molecule has 0 saturated carbocycles. The van der Waals surface area contributed by atoms with Crippen LogP contribution in [-0.4, -0.2) is 25.4 Å². The van der Waals surface area contributed by atoms with Crippen molar-refractivity contribution in [3.05, 3.63) is 42.0 Å². The molecule has 98 valence electrons. The fourth-order valence-electron chi connectivity index (χ4n) is 2.49. The quantitative estimate of drug-likeness (QED) is 0.789. The molecule has 1 aromatic rings. The number of hydrogen-bond donors (Lipinski definition) is 0. The molecule has 1 aliphatic rings. The number of benzene rings is 1. The molecule has 2 heteroatoms. The maximum atomic E-state index is 5.85. The van der Waals surface area contributed by atoms with Crippen LogP contribution in [0.5, 0.6) is 0 Å². The third kappa shape index (κ3) is 3.21. The summed E-state index contributed by atoms with van der Waals surface area (Å²) in [4.78, 5) is 0. The lowest BCUT2D eigenvalue weighted by Gasteiger charge is -2.29. The summed E-state index contributed by atoms with van der Waals surface area (Å²) in [6.07, 6.45) is 4.78. The van der Waals surface area contributed by atoms with E-state index in [1.54, 1.807) is 0 Å². The monoisotopic (exact) mass is 246 g/mol. The van der Waals surface area contributed by atoms with Crippen LogP contribution in [-0.2, 0) is 9.47 Å². The summed E-state index contributed by atoms with van der Waals surface area (Å²) in [5, 5.41) is 0. The Labute approximate surface area is 110 Å². The zero-order valence-electron chi connectivity index (χ0n) is 11.3. The molecular weight excluding hydrogens is 224 g/mol. The molecule has 0 heterocycles. The lowest BCUT2D eigenvalue weighted by atomic mass is 9.89. The van der Waals surface area contributed by atoms with Crippen LogP contribution in [0.25, 0.3) is 5.57 Å². The molecule has 1 aromatic carbocycles. The molecule has 0 aromatic heterocycles. The van der Waals surface area contributed by atoms with Crippen LogP contribution in [0.4, 0.5) is 0 Å². The minimum absolute atomic E-state index is 0.217. The normalized spacial score (nSPS) is 23.8. The van der Waals surface area contributed by atoms with E-state index >= 15 is 0 Å². The van der Waals surface area contributed by atoms with Crippen molar-refractivity contribution in [1.82, 2.24) is 0 Å². The average Bonchev–Trinajstić information content (AvgIpc) is 2.42. The van der Waals surface area contributed by atoms with Crippen LogP contribution in [0.2, 0.25) is 0 Å². The fraction of sp³-hybridized carbons (Fsp3) is 0.500. The van der Waals surface area contributed by atoms with Crippen LogP contribution in [0.15, 0.2) is 36.4 Å². The summed E-state index contributed by atoms with van der Waals surface area (Å²) >= 11 is 0. The first-order chi connectivity index (χ1) is 8.85. The van der Waals surface area contributed by atoms with E-state index in [-0.39, 0.29) is 12.2 Å². The van der Waals surface area contributed by atoms with Gasteiger partial charge in [-0.1, -0.05) is 30.3 Å². The standard InChI is InChI=1S/C16H22O2/c1-3-17-14-10-11-16(18-4-2)15(12-14)13-8-6-5-7-9-13/h5-9,12,14,16H,3-4,10-11H2,1-2H3. The minimum atomic E-state index is 0.217. The van der Waals surface area contributed by atoms with Gasteiger partial charge in [0.25, 0.3) is 0 Å². The number of ether oxygens (including phenoxy) is 2. The lowest BCUT2D eigenvalue weighted by Crippen LogP contribution is -2.25. The van der Waals surface area contributed by atoms with Crippen molar-refractivity contribution < 1.29 is 9.47 Å². The summed E-state index contributed by atoms with van der Waals surface area (Å²) < 4.78 is 11.6.